The number of hydrogen-bond acceptors (Lipinski definition) is 2. The average Bonchev–Trinajstić information content (AvgIpc) is 2.69. The molecule has 1 aliphatic rings. The number of nitrogens with zero attached hydrogens (tertiary/aromatic N) is 1. The van der Waals surface area contributed by atoms with E-state index in [0.29, 0.717) is 6.04 Å². The van der Waals surface area contributed by atoms with E-state index in [0.717, 1.165) is 29.4 Å². The lowest BCUT2D eigenvalue weighted by molar-refractivity contribution is 0.629. The van der Waals surface area contributed by atoms with Gasteiger partial charge >= 0.3 is 0 Å². The molecule has 3 heteroatoms. The highest BCUT2D eigenvalue weighted by molar-refractivity contribution is 9.10. The van der Waals surface area contributed by atoms with Crippen LogP contribution < -0.4 is 5.32 Å². The van der Waals surface area contributed by atoms with E-state index in [2.05, 4.69) is 46.4 Å². The molecule has 0 aromatic heterocycles. The van der Waals surface area contributed by atoms with Crippen LogP contribution in [0.15, 0.2) is 22.7 Å². The summed E-state index contributed by atoms with van der Waals surface area (Å²) < 4.78 is 1.10. The van der Waals surface area contributed by atoms with Gasteiger partial charge in [-0.1, -0.05) is 15.9 Å². The van der Waals surface area contributed by atoms with E-state index in [1.54, 1.807) is 0 Å². The highest BCUT2D eigenvalue weighted by Gasteiger charge is 2.27. The normalized spacial score (nSPS) is 24.1. The van der Waals surface area contributed by atoms with Gasteiger partial charge in [0, 0.05) is 16.2 Å². The molecule has 1 aromatic carbocycles. The van der Waals surface area contributed by atoms with Crippen LogP contribution in [0.1, 0.15) is 24.8 Å². The summed E-state index contributed by atoms with van der Waals surface area (Å²) in [6, 6.07) is 8.92. The Morgan fingerprint density at radius 3 is 2.94 bits per heavy atom. The second kappa shape index (κ2) is 4.88. The third-order valence-corrected chi connectivity index (χ3v) is 3.70. The monoisotopic (exact) mass is 278 g/mol. The Morgan fingerprint density at radius 1 is 1.44 bits per heavy atom. The largest absolute Gasteiger partial charge is 0.381 e. The van der Waals surface area contributed by atoms with Gasteiger partial charge in [0.15, 0.2) is 0 Å². The molecule has 2 unspecified atom stereocenters. The third-order valence-electron chi connectivity index (χ3n) is 3.21. The van der Waals surface area contributed by atoms with Gasteiger partial charge in [0.2, 0.25) is 0 Å². The molecule has 1 aromatic rings. The van der Waals surface area contributed by atoms with Crippen LogP contribution >= 0.6 is 15.9 Å². The second-order valence-corrected chi connectivity index (χ2v) is 5.29. The van der Waals surface area contributed by atoms with Gasteiger partial charge in [-0.2, -0.15) is 5.26 Å². The minimum atomic E-state index is 0.169. The minimum absolute atomic E-state index is 0.169. The lowest BCUT2D eigenvalue weighted by atomic mass is 10.0. The first-order valence-corrected chi connectivity index (χ1v) is 6.42. The molecule has 2 nitrogen and oxygen atoms in total. The van der Waals surface area contributed by atoms with Gasteiger partial charge in [-0.25, -0.2) is 0 Å². The molecule has 1 N–H and O–H groups in total. The van der Waals surface area contributed by atoms with Crippen LogP contribution in [0.3, 0.4) is 0 Å². The van der Waals surface area contributed by atoms with Crippen LogP contribution in [0.2, 0.25) is 0 Å². The van der Waals surface area contributed by atoms with Crippen molar-refractivity contribution in [3.63, 3.8) is 0 Å². The summed E-state index contributed by atoms with van der Waals surface area (Å²) >= 11 is 3.45. The summed E-state index contributed by atoms with van der Waals surface area (Å²) in [6.07, 6.45) is 3.29. The molecule has 1 saturated carbocycles. The Labute approximate surface area is 105 Å². The molecule has 0 amide bonds. The van der Waals surface area contributed by atoms with E-state index in [1.807, 2.05) is 6.07 Å². The van der Waals surface area contributed by atoms with E-state index >= 15 is 0 Å². The van der Waals surface area contributed by atoms with Crippen LogP contribution in [0, 0.1) is 24.2 Å². The van der Waals surface area contributed by atoms with Crippen LogP contribution in [0.5, 0.6) is 0 Å². The van der Waals surface area contributed by atoms with E-state index in [-0.39, 0.29) is 5.92 Å². The zero-order valence-corrected chi connectivity index (χ0v) is 10.9. The van der Waals surface area contributed by atoms with Crippen LogP contribution in [-0.2, 0) is 0 Å². The number of halogens is 1. The molecule has 0 aliphatic heterocycles. The van der Waals surface area contributed by atoms with Gasteiger partial charge < -0.3 is 5.32 Å². The molecule has 0 radical (unpaired) electrons. The van der Waals surface area contributed by atoms with Gasteiger partial charge in [0.1, 0.15) is 0 Å². The number of rotatable bonds is 2. The van der Waals surface area contributed by atoms with Crippen LogP contribution in [0.25, 0.3) is 0 Å². The molecule has 1 aliphatic carbocycles. The molecule has 2 rings (SSSR count). The predicted molar refractivity (Wildman–Crippen MR) is 69.2 cm³/mol. The first-order chi connectivity index (χ1) is 7.70. The zero-order chi connectivity index (χ0) is 11.5. The summed E-state index contributed by atoms with van der Waals surface area (Å²) in [4.78, 5) is 0. The molecular weight excluding hydrogens is 264 g/mol. The quantitative estimate of drug-likeness (QED) is 0.892. The average molecular weight is 279 g/mol. The number of anilines is 1. The highest BCUT2D eigenvalue weighted by Crippen LogP contribution is 2.29. The molecule has 0 saturated heterocycles. The highest BCUT2D eigenvalue weighted by atomic mass is 79.9. The van der Waals surface area contributed by atoms with Gasteiger partial charge in [0.05, 0.1) is 12.0 Å². The van der Waals surface area contributed by atoms with E-state index < -0.39 is 0 Å². The minimum Gasteiger partial charge on any atom is -0.381 e. The van der Waals surface area contributed by atoms with Gasteiger partial charge in [-0.3, -0.25) is 0 Å². The molecule has 16 heavy (non-hydrogen) atoms. The maximum atomic E-state index is 9.03. The Balaban J connectivity index is 2.12. The molecule has 2 atom stereocenters. The summed E-state index contributed by atoms with van der Waals surface area (Å²) in [7, 11) is 0. The van der Waals surface area contributed by atoms with Crippen molar-refractivity contribution in [3.8, 4) is 6.07 Å². The van der Waals surface area contributed by atoms with Gasteiger partial charge in [-0.05, 0) is 49.9 Å². The Morgan fingerprint density at radius 2 is 2.25 bits per heavy atom. The van der Waals surface area contributed by atoms with Crippen molar-refractivity contribution < 1.29 is 0 Å². The van der Waals surface area contributed by atoms with Gasteiger partial charge in [0.25, 0.3) is 0 Å². The first kappa shape index (κ1) is 11.5. The first-order valence-electron chi connectivity index (χ1n) is 5.63. The molecule has 1 fully saturated rings. The molecule has 84 valence electrons. The summed E-state index contributed by atoms with van der Waals surface area (Å²) in [6.45, 7) is 2.09. The maximum absolute atomic E-state index is 9.03. The van der Waals surface area contributed by atoms with Gasteiger partial charge in [-0.15, -0.1) is 0 Å². The molecule has 0 heterocycles. The topological polar surface area (TPSA) is 35.8 Å². The van der Waals surface area contributed by atoms with Crippen molar-refractivity contribution >= 4 is 21.6 Å². The van der Waals surface area contributed by atoms with Crippen molar-refractivity contribution in [1.29, 1.82) is 5.26 Å². The standard InChI is InChI=1S/C13H15BrN2/c1-9-7-11(14)5-6-12(9)16-13-4-2-3-10(13)8-15/h5-7,10,13,16H,2-4H2,1H3. The number of aryl methyl sites for hydroxylation is 1. The summed E-state index contributed by atoms with van der Waals surface area (Å²) in [5.74, 6) is 0.169. The fourth-order valence-electron chi connectivity index (χ4n) is 2.28. The van der Waals surface area contributed by atoms with Crippen molar-refractivity contribution in [1.82, 2.24) is 0 Å². The maximum Gasteiger partial charge on any atom is 0.0677 e. The van der Waals surface area contributed by atoms with E-state index in [1.165, 1.54) is 5.56 Å². The fraction of sp³-hybridized carbons (Fsp3) is 0.462. The lowest BCUT2D eigenvalue weighted by Crippen LogP contribution is -2.23. The second-order valence-electron chi connectivity index (χ2n) is 4.38. The fourth-order valence-corrected chi connectivity index (χ4v) is 2.75. The Bertz CT molecular complexity index is 422. The van der Waals surface area contributed by atoms with Crippen molar-refractivity contribution in [2.45, 2.75) is 32.2 Å². The zero-order valence-electron chi connectivity index (χ0n) is 9.33. The molecule has 0 spiro atoms. The Kier molecular flexibility index (Phi) is 3.50. The van der Waals surface area contributed by atoms with Crippen molar-refractivity contribution in [3.05, 3.63) is 28.2 Å². The SMILES string of the molecule is Cc1cc(Br)ccc1NC1CCCC1C#N. The number of hydrogen-bond donors (Lipinski definition) is 1. The van der Waals surface area contributed by atoms with Crippen LogP contribution in [-0.4, -0.2) is 6.04 Å². The van der Waals surface area contributed by atoms with E-state index in [9.17, 15) is 0 Å². The lowest BCUT2D eigenvalue weighted by Gasteiger charge is -2.18. The third kappa shape index (κ3) is 2.38. The van der Waals surface area contributed by atoms with E-state index in [4.69, 9.17) is 5.26 Å². The van der Waals surface area contributed by atoms with Crippen molar-refractivity contribution in [2.24, 2.45) is 5.92 Å². The molecule has 0 bridgehead atoms. The number of benzene rings is 1. The van der Waals surface area contributed by atoms with Crippen molar-refractivity contribution in [2.75, 3.05) is 5.32 Å². The summed E-state index contributed by atoms with van der Waals surface area (Å²) in [5.41, 5.74) is 2.37. The summed E-state index contributed by atoms with van der Waals surface area (Å²) in [5, 5.41) is 12.5. The Hall–Kier alpha value is -1.01. The number of nitriles is 1. The van der Waals surface area contributed by atoms with Crippen LogP contribution in [0.4, 0.5) is 5.69 Å². The predicted octanol–water partition coefficient (Wildman–Crippen LogP) is 3.86. The molecular formula is C13H15BrN2. The smallest absolute Gasteiger partial charge is 0.0677 e. The number of nitrogens with one attached hydrogen (secondary N) is 1.